The van der Waals surface area contributed by atoms with E-state index in [2.05, 4.69) is 6.92 Å². The van der Waals surface area contributed by atoms with Crippen molar-refractivity contribution in [1.82, 2.24) is 0 Å². The van der Waals surface area contributed by atoms with Crippen LogP contribution in [0.25, 0.3) is 0 Å². The molecule has 4 unspecified atom stereocenters. The zero-order chi connectivity index (χ0) is 36.4. The van der Waals surface area contributed by atoms with E-state index in [1.165, 1.54) is 13.2 Å². The van der Waals surface area contributed by atoms with E-state index in [1.54, 1.807) is 13.8 Å². The van der Waals surface area contributed by atoms with Crippen LogP contribution in [0.4, 0.5) is 0 Å². The molecule has 6 N–H and O–H groups in total. The molecule has 7 fully saturated rings. The maximum atomic E-state index is 14.3. The summed E-state index contributed by atoms with van der Waals surface area (Å²) < 4.78 is 41.9. The maximum absolute atomic E-state index is 14.3. The summed E-state index contributed by atoms with van der Waals surface area (Å²) in [5.74, 6) is -1.84. The molecule has 15 nitrogen and oxygen atoms in total. The van der Waals surface area contributed by atoms with Gasteiger partial charge in [0.15, 0.2) is 18.4 Å². The molecule has 4 saturated carbocycles. The molecule has 4 aliphatic heterocycles. The van der Waals surface area contributed by atoms with Crippen LogP contribution >= 0.6 is 0 Å². The van der Waals surface area contributed by atoms with Crippen molar-refractivity contribution in [2.75, 3.05) is 20.3 Å². The van der Waals surface area contributed by atoms with E-state index in [-0.39, 0.29) is 24.7 Å². The van der Waals surface area contributed by atoms with Gasteiger partial charge in [-0.2, -0.15) is 0 Å². The van der Waals surface area contributed by atoms with E-state index in [9.17, 15) is 40.2 Å². The van der Waals surface area contributed by atoms with Gasteiger partial charge in [0.05, 0.1) is 36.4 Å². The number of fused-ring (bicyclic) bond motifs is 3. The number of aliphatic hydroxyl groups excluding tert-OH is 5. The fourth-order valence-corrected chi connectivity index (χ4v) is 11.8. The molecule has 4 heterocycles. The Labute approximate surface area is 296 Å². The molecule has 3 saturated heterocycles. The standard InChI is InChI=1S/C36H52O15/c1-15-29(50-32-27(41)26(40)25(39)21(13-37)49-32)20(45-4)12-24(47-15)48-18-5-7-33(2)17(10-18)11-22-36(51-22)30(33)28(42)31(43)34(3)19(6-8-35(34,36)44)16-9-23(38)46-14-16/h9,15,17-22,24-30,32,37,39-42,44H,5-8,10-14H2,1-4H3/t15-,17?,18?,19-,20+,21-,22+,24+,25-,26+,27-,28?,29-,30?,32+,33+,34+,35-,36+/m1/s1. The van der Waals surface area contributed by atoms with Crippen LogP contribution in [0, 0.1) is 28.6 Å². The van der Waals surface area contributed by atoms with Crippen molar-refractivity contribution in [3.8, 4) is 0 Å². The summed E-state index contributed by atoms with van der Waals surface area (Å²) in [6.07, 6.45) is -6.32. The molecule has 0 bridgehead atoms. The highest BCUT2D eigenvalue weighted by Crippen LogP contribution is 2.76. The van der Waals surface area contributed by atoms with Gasteiger partial charge in [-0.1, -0.05) is 6.92 Å². The molecule has 0 aromatic rings. The SMILES string of the molecule is CO[C@H]1C[C@H](OC2CC[C@@]3(C)C(C2)C[C@@H]2O[C@]24C3C(O)C(=O)[C@]2(C)[C@@H](C3=CC(=O)OC3)CC[C@]42O)O[C@H](C)[C@H]1O[C@@H]1O[C@H](CO)[C@@H](O)[C@H](O)[C@H]1O. The molecule has 8 aliphatic rings. The summed E-state index contributed by atoms with van der Waals surface area (Å²) in [5.41, 5.74) is -3.71. The van der Waals surface area contributed by atoms with Crippen LogP contribution in [0.5, 0.6) is 0 Å². The van der Waals surface area contributed by atoms with E-state index in [1.807, 2.05) is 0 Å². The van der Waals surface area contributed by atoms with E-state index in [4.69, 9.17) is 33.2 Å². The molecule has 0 aromatic carbocycles. The van der Waals surface area contributed by atoms with Gasteiger partial charge >= 0.3 is 5.97 Å². The number of ketones is 1. The average Bonchev–Trinajstić information content (AvgIpc) is 3.55. The second-order valence-electron chi connectivity index (χ2n) is 16.7. The van der Waals surface area contributed by atoms with Gasteiger partial charge in [-0.25, -0.2) is 4.79 Å². The zero-order valence-corrected chi connectivity index (χ0v) is 29.5. The molecule has 0 amide bonds. The van der Waals surface area contributed by atoms with E-state index < -0.39 is 114 Å². The maximum Gasteiger partial charge on any atom is 0.331 e. The van der Waals surface area contributed by atoms with Crippen molar-refractivity contribution in [1.29, 1.82) is 0 Å². The number of cyclic esters (lactones) is 1. The normalized spacial score (nSPS) is 56.4. The first-order valence-electron chi connectivity index (χ1n) is 18.4. The molecule has 51 heavy (non-hydrogen) atoms. The largest absolute Gasteiger partial charge is 0.458 e. The number of ether oxygens (including phenoxy) is 7. The number of aliphatic hydroxyl groups is 6. The lowest BCUT2D eigenvalue weighted by atomic mass is 9.41. The highest BCUT2D eigenvalue weighted by molar-refractivity contribution is 5.94. The number of Topliss-reactive ketones (excluding diaryl/α,β-unsaturated/α-hetero) is 1. The molecular weight excluding hydrogens is 672 g/mol. The zero-order valence-electron chi connectivity index (χ0n) is 29.5. The Morgan fingerprint density at radius 1 is 0.961 bits per heavy atom. The van der Waals surface area contributed by atoms with Crippen molar-refractivity contribution in [2.24, 2.45) is 28.6 Å². The highest BCUT2D eigenvalue weighted by Gasteiger charge is 2.88. The van der Waals surface area contributed by atoms with E-state index in [0.29, 0.717) is 50.5 Å². The van der Waals surface area contributed by atoms with Gasteiger partial charge < -0.3 is 63.8 Å². The van der Waals surface area contributed by atoms with Gasteiger partial charge in [0, 0.05) is 25.5 Å². The third-order valence-corrected chi connectivity index (χ3v) is 14.5. The minimum atomic E-state index is -1.58. The molecule has 19 atom stereocenters. The molecule has 286 valence electrons. The lowest BCUT2D eigenvalue weighted by Gasteiger charge is -2.62. The van der Waals surface area contributed by atoms with Gasteiger partial charge in [-0.15, -0.1) is 0 Å². The number of carbonyl (C=O) groups is 2. The number of methoxy groups -OCH3 is 1. The summed E-state index contributed by atoms with van der Waals surface area (Å²) in [6, 6.07) is 0. The van der Waals surface area contributed by atoms with Crippen LogP contribution < -0.4 is 0 Å². The number of carbonyl (C=O) groups excluding carboxylic acids is 2. The van der Waals surface area contributed by atoms with Crippen molar-refractivity contribution in [3.63, 3.8) is 0 Å². The van der Waals surface area contributed by atoms with Crippen molar-refractivity contribution >= 4 is 11.8 Å². The summed E-state index contributed by atoms with van der Waals surface area (Å²) >= 11 is 0. The minimum Gasteiger partial charge on any atom is -0.458 e. The Morgan fingerprint density at radius 3 is 2.41 bits per heavy atom. The Bertz CT molecular complexity index is 1440. The Kier molecular flexibility index (Phi) is 8.89. The summed E-state index contributed by atoms with van der Waals surface area (Å²) in [6.45, 7) is 5.14. The average molecular weight is 725 g/mol. The lowest BCUT2D eigenvalue weighted by molar-refractivity contribution is -0.345. The van der Waals surface area contributed by atoms with Crippen LogP contribution in [0.3, 0.4) is 0 Å². The van der Waals surface area contributed by atoms with Crippen LogP contribution in [-0.2, 0) is 42.7 Å². The summed E-state index contributed by atoms with van der Waals surface area (Å²) in [5, 5.41) is 65.0. The molecule has 0 aromatic heterocycles. The fraction of sp³-hybridized carbons (Fsp3) is 0.889. The first-order valence-corrected chi connectivity index (χ1v) is 18.4. The number of epoxide rings is 1. The Morgan fingerprint density at radius 2 is 1.73 bits per heavy atom. The molecule has 15 heteroatoms. The molecular formula is C36H52O15. The van der Waals surface area contributed by atoms with Gasteiger partial charge in [0.1, 0.15) is 54.4 Å². The van der Waals surface area contributed by atoms with Crippen LogP contribution in [0.2, 0.25) is 0 Å². The summed E-state index contributed by atoms with van der Waals surface area (Å²) in [4.78, 5) is 26.3. The molecule has 4 aliphatic carbocycles. The number of esters is 1. The topological polar surface area (TPSA) is 223 Å². The first-order chi connectivity index (χ1) is 24.1. The summed E-state index contributed by atoms with van der Waals surface area (Å²) in [7, 11) is 1.53. The van der Waals surface area contributed by atoms with E-state index >= 15 is 0 Å². The molecule has 1 spiro atoms. The van der Waals surface area contributed by atoms with Gasteiger partial charge in [-0.3, -0.25) is 4.79 Å². The second kappa shape index (κ2) is 12.5. The Balaban J connectivity index is 0.949. The van der Waals surface area contributed by atoms with Gasteiger partial charge in [-0.05, 0) is 75.2 Å². The van der Waals surface area contributed by atoms with Crippen LogP contribution in [0.15, 0.2) is 11.6 Å². The first kappa shape index (κ1) is 36.4. The minimum absolute atomic E-state index is 0.0412. The predicted molar refractivity (Wildman–Crippen MR) is 170 cm³/mol. The van der Waals surface area contributed by atoms with Crippen molar-refractivity contribution in [3.05, 3.63) is 11.6 Å². The monoisotopic (exact) mass is 724 g/mol. The van der Waals surface area contributed by atoms with Gasteiger partial charge in [0.2, 0.25) is 0 Å². The number of hydrogen-bond acceptors (Lipinski definition) is 15. The Hall–Kier alpha value is -1.60. The quantitative estimate of drug-likeness (QED) is 0.108. The smallest absolute Gasteiger partial charge is 0.331 e. The number of hydrogen-bond donors (Lipinski definition) is 6. The third-order valence-electron chi connectivity index (χ3n) is 14.5. The van der Waals surface area contributed by atoms with Crippen molar-refractivity contribution in [2.45, 2.75) is 151 Å². The van der Waals surface area contributed by atoms with Crippen molar-refractivity contribution < 1.29 is 73.4 Å². The second-order valence-corrected chi connectivity index (χ2v) is 16.7. The lowest BCUT2D eigenvalue weighted by Crippen LogP contribution is -2.75. The fourth-order valence-electron chi connectivity index (χ4n) is 11.8. The molecule has 8 rings (SSSR count). The highest BCUT2D eigenvalue weighted by atomic mass is 16.7. The van der Waals surface area contributed by atoms with Gasteiger partial charge in [0.25, 0.3) is 0 Å². The number of rotatable bonds is 7. The van der Waals surface area contributed by atoms with Crippen LogP contribution in [-0.4, -0.2) is 148 Å². The van der Waals surface area contributed by atoms with Crippen LogP contribution in [0.1, 0.15) is 65.7 Å². The molecule has 0 radical (unpaired) electrons. The third kappa shape index (κ3) is 5.00. The van der Waals surface area contributed by atoms with E-state index in [0.717, 1.165) is 0 Å². The predicted octanol–water partition coefficient (Wildman–Crippen LogP) is -0.755.